The van der Waals surface area contributed by atoms with E-state index >= 15 is 0 Å². The molecule has 1 atom stereocenters. The van der Waals surface area contributed by atoms with Gasteiger partial charge < -0.3 is 10.1 Å². The van der Waals surface area contributed by atoms with Crippen LogP contribution in [0.25, 0.3) is 16.8 Å². The predicted molar refractivity (Wildman–Crippen MR) is 135 cm³/mol. The number of imidazole rings is 1. The van der Waals surface area contributed by atoms with Crippen LogP contribution in [0.1, 0.15) is 62.0 Å². The Morgan fingerprint density at radius 2 is 1.92 bits per heavy atom. The summed E-state index contributed by atoms with van der Waals surface area (Å²) in [5.41, 5.74) is 0.638. The minimum absolute atomic E-state index is 0.0815. The Hall–Kier alpha value is -3.13. The summed E-state index contributed by atoms with van der Waals surface area (Å²) in [6.07, 6.45) is 3.82. The fourth-order valence-electron chi connectivity index (χ4n) is 4.09. The second-order valence-electron chi connectivity index (χ2n) is 8.84. The zero-order valence-electron chi connectivity index (χ0n) is 20.9. The first-order valence-electron chi connectivity index (χ1n) is 12.5. The third kappa shape index (κ3) is 7.43. The summed E-state index contributed by atoms with van der Waals surface area (Å²) in [4.78, 5) is 16.9. The van der Waals surface area contributed by atoms with E-state index in [4.69, 9.17) is 4.74 Å². The molecule has 0 spiro atoms. The van der Waals surface area contributed by atoms with Gasteiger partial charge in [0.25, 0.3) is 5.91 Å². The number of hydrogen-bond acceptors (Lipinski definition) is 3. The molecule has 0 unspecified atom stereocenters. The van der Waals surface area contributed by atoms with Crippen molar-refractivity contribution in [2.24, 2.45) is 5.92 Å². The molecule has 3 rings (SSSR count). The molecule has 1 aromatic heterocycles. The summed E-state index contributed by atoms with van der Waals surface area (Å²) >= 11 is 0. The molecule has 2 aromatic carbocycles. The Labute approximate surface area is 210 Å². The third-order valence-corrected chi connectivity index (χ3v) is 6.19. The topological polar surface area (TPSA) is 56.1 Å². The van der Waals surface area contributed by atoms with Crippen LogP contribution in [0.5, 0.6) is 0 Å². The molecule has 0 bridgehead atoms. The monoisotopic (exact) mass is 501 g/mol. The normalized spacial score (nSPS) is 12.5. The van der Waals surface area contributed by atoms with Crippen molar-refractivity contribution in [1.29, 1.82) is 0 Å². The number of unbranched alkanes of at least 4 members (excludes halogenated alkanes) is 1. The number of hydrogen-bond donors (Lipinski definition) is 1. The number of amides is 1. The number of alkyl halides is 3. The fraction of sp³-hybridized carbons (Fsp3) is 0.429. The molecule has 0 saturated heterocycles. The van der Waals surface area contributed by atoms with Gasteiger partial charge >= 0.3 is 6.18 Å². The quantitative estimate of drug-likeness (QED) is 0.259. The molecule has 0 saturated carbocycles. The average molecular weight is 502 g/mol. The maximum atomic E-state index is 13.5. The van der Waals surface area contributed by atoms with Gasteiger partial charge in [-0.2, -0.15) is 13.2 Å². The predicted octanol–water partition coefficient (Wildman–Crippen LogP) is 6.91. The van der Waals surface area contributed by atoms with Crippen LogP contribution in [-0.4, -0.2) is 35.2 Å². The Balaban J connectivity index is 1.61. The molecule has 1 N–H and O–H groups in total. The van der Waals surface area contributed by atoms with Crippen molar-refractivity contribution in [2.75, 3.05) is 19.8 Å². The minimum Gasteiger partial charge on any atom is -0.381 e. The SMILES string of the molecule is CCCC[C@@H](CC)COCCCNC(=O)c1cncn1-c1cccc(-c2ccccc2C(F)(F)F)c1. The Morgan fingerprint density at radius 1 is 1.11 bits per heavy atom. The van der Waals surface area contributed by atoms with Crippen molar-refractivity contribution < 1.29 is 22.7 Å². The van der Waals surface area contributed by atoms with Gasteiger partial charge in [-0.1, -0.05) is 63.4 Å². The smallest absolute Gasteiger partial charge is 0.381 e. The third-order valence-electron chi connectivity index (χ3n) is 6.19. The van der Waals surface area contributed by atoms with Gasteiger partial charge in [0.15, 0.2) is 0 Å². The van der Waals surface area contributed by atoms with Gasteiger partial charge in [-0.25, -0.2) is 4.98 Å². The highest BCUT2D eigenvalue weighted by Gasteiger charge is 2.33. The number of nitrogens with zero attached hydrogens (tertiary/aromatic N) is 2. The van der Waals surface area contributed by atoms with Gasteiger partial charge in [0.1, 0.15) is 5.69 Å². The van der Waals surface area contributed by atoms with E-state index in [0.29, 0.717) is 42.4 Å². The number of nitrogens with one attached hydrogen (secondary N) is 1. The number of ether oxygens (including phenoxy) is 1. The lowest BCUT2D eigenvalue weighted by molar-refractivity contribution is -0.137. The van der Waals surface area contributed by atoms with E-state index in [9.17, 15) is 18.0 Å². The zero-order chi connectivity index (χ0) is 26.0. The van der Waals surface area contributed by atoms with Crippen molar-refractivity contribution >= 4 is 5.91 Å². The lowest BCUT2D eigenvalue weighted by Crippen LogP contribution is -2.27. The van der Waals surface area contributed by atoms with Crippen LogP contribution < -0.4 is 5.32 Å². The van der Waals surface area contributed by atoms with E-state index in [2.05, 4.69) is 24.1 Å². The molecule has 0 fully saturated rings. The molecule has 0 aliphatic rings. The molecule has 1 amide bonds. The van der Waals surface area contributed by atoms with Gasteiger partial charge in [0.2, 0.25) is 0 Å². The highest BCUT2D eigenvalue weighted by molar-refractivity contribution is 5.93. The minimum atomic E-state index is -4.47. The van der Waals surface area contributed by atoms with Gasteiger partial charge in [-0.05, 0) is 48.1 Å². The van der Waals surface area contributed by atoms with Gasteiger partial charge in [-0.3, -0.25) is 9.36 Å². The lowest BCUT2D eigenvalue weighted by atomic mass is 9.99. The maximum absolute atomic E-state index is 13.5. The van der Waals surface area contributed by atoms with Crippen molar-refractivity contribution in [3.05, 3.63) is 72.3 Å². The Bertz CT molecular complexity index is 1110. The number of benzene rings is 2. The molecule has 0 aliphatic carbocycles. The van der Waals surface area contributed by atoms with Crippen LogP contribution in [0.15, 0.2) is 61.1 Å². The molecule has 194 valence electrons. The van der Waals surface area contributed by atoms with Gasteiger partial charge in [0, 0.05) is 25.4 Å². The van der Waals surface area contributed by atoms with Crippen LogP contribution in [0.3, 0.4) is 0 Å². The molecule has 8 heteroatoms. The number of carbonyl (C=O) groups excluding carboxylic acids is 1. The molecule has 1 heterocycles. The summed E-state index contributed by atoms with van der Waals surface area (Å²) in [7, 11) is 0. The van der Waals surface area contributed by atoms with Crippen LogP contribution in [0.4, 0.5) is 13.2 Å². The van der Waals surface area contributed by atoms with E-state index < -0.39 is 11.7 Å². The zero-order valence-corrected chi connectivity index (χ0v) is 20.9. The van der Waals surface area contributed by atoms with Crippen molar-refractivity contribution in [2.45, 2.75) is 52.1 Å². The number of carbonyl (C=O) groups is 1. The Kier molecular flexibility index (Phi) is 10.1. The highest BCUT2D eigenvalue weighted by Crippen LogP contribution is 2.37. The highest BCUT2D eigenvalue weighted by atomic mass is 19.4. The number of aromatic nitrogens is 2. The first kappa shape index (κ1) is 27.5. The fourth-order valence-corrected chi connectivity index (χ4v) is 4.09. The molecule has 3 aromatic rings. The summed E-state index contributed by atoms with van der Waals surface area (Å²) in [6.45, 7) is 6.13. The maximum Gasteiger partial charge on any atom is 0.417 e. The largest absolute Gasteiger partial charge is 0.417 e. The van der Waals surface area contributed by atoms with E-state index in [-0.39, 0.29) is 11.5 Å². The Morgan fingerprint density at radius 3 is 2.67 bits per heavy atom. The van der Waals surface area contributed by atoms with E-state index in [1.54, 1.807) is 34.9 Å². The summed E-state index contributed by atoms with van der Waals surface area (Å²) in [5.74, 6) is 0.274. The first-order valence-corrected chi connectivity index (χ1v) is 12.5. The summed E-state index contributed by atoms with van der Waals surface area (Å²) in [5, 5.41) is 2.88. The lowest BCUT2D eigenvalue weighted by Gasteiger charge is -2.15. The summed E-state index contributed by atoms with van der Waals surface area (Å²) < 4.78 is 47.9. The van der Waals surface area contributed by atoms with Crippen LogP contribution in [-0.2, 0) is 10.9 Å². The van der Waals surface area contributed by atoms with E-state index in [1.807, 2.05) is 0 Å². The summed E-state index contributed by atoms with van der Waals surface area (Å²) in [6, 6.07) is 12.1. The second kappa shape index (κ2) is 13.3. The second-order valence-corrected chi connectivity index (χ2v) is 8.84. The van der Waals surface area contributed by atoms with Crippen molar-refractivity contribution in [3.63, 3.8) is 0 Å². The molecule has 5 nitrogen and oxygen atoms in total. The standard InChI is InChI=1S/C28H34F3N3O2/c1-3-5-10-21(4-2)19-36-16-9-15-33-27(35)26-18-32-20-34(26)23-12-8-11-22(17-23)24-13-6-7-14-25(24)28(29,30)31/h6-8,11-14,17-18,20-21H,3-5,9-10,15-16,19H2,1-2H3,(H,33,35)/t21-/m1/s1. The van der Waals surface area contributed by atoms with Crippen molar-refractivity contribution in [3.8, 4) is 16.8 Å². The van der Waals surface area contributed by atoms with Crippen LogP contribution in [0.2, 0.25) is 0 Å². The molecule has 0 aliphatic heterocycles. The van der Waals surface area contributed by atoms with Crippen molar-refractivity contribution in [1.82, 2.24) is 14.9 Å². The number of rotatable bonds is 13. The van der Waals surface area contributed by atoms with Gasteiger partial charge in [-0.15, -0.1) is 0 Å². The first-order chi connectivity index (χ1) is 17.3. The number of halogens is 3. The van der Waals surface area contributed by atoms with E-state index in [1.165, 1.54) is 43.9 Å². The molecular weight excluding hydrogens is 467 g/mol. The van der Waals surface area contributed by atoms with Crippen LogP contribution in [0, 0.1) is 5.92 Å². The molecule has 0 radical (unpaired) electrons. The average Bonchev–Trinajstić information content (AvgIpc) is 3.37. The molecule has 36 heavy (non-hydrogen) atoms. The van der Waals surface area contributed by atoms with Crippen LogP contribution >= 0.6 is 0 Å². The van der Waals surface area contributed by atoms with Gasteiger partial charge in [0.05, 0.1) is 18.1 Å². The molecular formula is C28H34F3N3O2. The van der Waals surface area contributed by atoms with E-state index in [0.717, 1.165) is 19.1 Å².